The molecular weight excluding hydrogens is 296 g/mol. The van der Waals surface area contributed by atoms with Crippen LogP contribution < -0.4 is 0 Å². The molecule has 1 saturated carbocycles. The molecule has 0 atom stereocenters. The van der Waals surface area contributed by atoms with Gasteiger partial charge in [0.15, 0.2) is 5.76 Å². The van der Waals surface area contributed by atoms with Crippen LogP contribution in [0.15, 0.2) is 16.7 Å². The molecule has 1 aromatic rings. The van der Waals surface area contributed by atoms with Crippen molar-refractivity contribution in [3.05, 3.63) is 23.7 Å². The molecule has 0 N–H and O–H groups in total. The Morgan fingerprint density at radius 1 is 1.22 bits per heavy atom. The fourth-order valence-electron chi connectivity index (χ4n) is 3.19. The Balaban J connectivity index is 1.85. The van der Waals surface area contributed by atoms with Gasteiger partial charge in [-0.15, -0.1) is 0 Å². The summed E-state index contributed by atoms with van der Waals surface area (Å²) in [6, 6.07) is 1.52. The van der Waals surface area contributed by atoms with E-state index in [1.807, 2.05) is 0 Å². The van der Waals surface area contributed by atoms with Crippen LogP contribution in [0.4, 0.5) is 0 Å². The van der Waals surface area contributed by atoms with Gasteiger partial charge in [0, 0.05) is 0 Å². The van der Waals surface area contributed by atoms with Gasteiger partial charge in [-0.3, -0.25) is 4.79 Å². The van der Waals surface area contributed by atoms with Crippen LogP contribution in [0, 0.1) is 17.3 Å². The fourth-order valence-corrected chi connectivity index (χ4v) is 3.19. The van der Waals surface area contributed by atoms with E-state index in [0.717, 1.165) is 25.7 Å². The molecule has 23 heavy (non-hydrogen) atoms. The van der Waals surface area contributed by atoms with Gasteiger partial charge >= 0.3 is 11.9 Å². The second-order valence-electron chi connectivity index (χ2n) is 7.27. The number of esters is 2. The van der Waals surface area contributed by atoms with E-state index in [9.17, 15) is 9.59 Å². The van der Waals surface area contributed by atoms with Gasteiger partial charge in [-0.1, -0.05) is 20.8 Å². The van der Waals surface area contributed by atoms with E-state index in [1.165, 1.54) is 19.4 Å². The van der Waals surface area contributed by atoms with Crippen molar-refractivity contribution >= 4 is 11.9 Å². The predicted octanol–water partition coefficient (Wildman–Crippen LogP) is 3.96. The van der Waals surface area contributed by atoms with Gasteiger partial charge in [0.1, 0.15) is 12.2 Å². The summed E-state index contributed by atoms with van der Waals surface area (Å²) in [7, 11) is 1.30. The van der Waals surface area contributed by atoms with Gasteiger partial charge in [0.25, 0.3) is 0 Å². The first-order chi connectivity index (χ1) is 10.8. The predicted molar refractivity (Wildman–Crippen MR) is 84.7 cm³/mol. The third-order valence-corrected chi connectivity index (χ3v) is 4.78. The van der Waals surface area contributed by atoms with Gasteiger partial charge < -0.3 is 13.9 Å². The van der Waals surface area contributed by atoms with Gasteiger partial charge in [0.2, 0.25) is 0 Å². The quantitative estimate of drug-likeness (QED) is 0.785. The zero-order valence-corrected chi connectivity index (χ0v) is 14.4. The zero-order chi connectivity index (χ0) is 17.0. The average Bonchev–Trinajstić information content (AvgIpc) is 2.99. The molecular formula is C18H26O5. The molecule has 5 heteroatoms. The third-order valence-electron chi connectivity index (χ3n) is 4.78. The lowest BCUT2D eigenvalue weighted by molar-refractivity contribution is -0.152. The van der Waals surface area contributed by atoms with Crippen molar-refractivity contribution in [3.8, 4) is 0 Å². The summed E-state index contributed by atoms with van der Waals surface area (Å²) in [6.45, 7) is 6.72. The Labute approximate surface area is 137 Å². The minimum absolute atomic E-state index is 0.0323. The molecule has 0 unspecified atom stereocenters. The standard InChI is InChI=1S/C18H26O5/c1-18(2,3)13-7-5-12(6-8-13)16(19)23-11-15-14(9-10-22-15)17(20)21-4/h9-10,12-13H,5-8,11H2,1-4H3. The van der Waals surface area contributed by atoms with Crippen LogP contribution in [0.1, 0.15) is 62.6 Å². The number of rotatable bonds is 4. The molecule has 1 aliphatic carbocycles. The number of methoxy groups -OCH3 is 1. The molecule has 5 nitrogen and oxygen atoms in total. The van der Waals surface area contributed by atoms with Gasteiger partial charge in [-0.2, -0.15) is 0 Å². The average molecular weight is 322 g/mol. The van der Waals surface area contributed by atoms with Gasteiger partial charge in [-0.05, 0) is 43.1 Å². The van der Waals surface area contributed by atoms with Crippen molar-refractivity contribution in [2.75, 3.05) is 7.11 Å². The molecule has 1 aromatic heterocycles. The number of hydrogen-bond donors (Lipinski definition) is 0. The first-order valence-corrected chi connectivity index (χ1v) is 8.14. The second-order valence-corrected chi connectivity index (χ2v) is 7.27. The maximum Gasteiger partial charge on any atom is 0.341 e. The Hall–Kier alpha value is -1.78. The van der Waals surface area contributed by atoms with Crippen molar-refractivity contribution < 1.29 is 23.5 Å². The molecule has 0 saturated heterocycles. The number of carbonyl (C=O) groups excluding carboxylic acids is 2. The van der Waals surface area contributed by atoms with Crippen LogP contribution in [0.2, 0.25) is 0 Å². The minimum Gasteiger partial charge on any atom is -0.465 e. The molecule has 2 rings (SSSR count). The van der Waals surface area contributed by atoms with E-state index in [1.54, 1.807) is 0 Å². The number of furan rings is 1. The number of hydrogen-bond acceptors (Lipinski definition) is 5. The van der Waals surface area contributed by atoms with Crippen LogP contribution in [0.5, 0.6) is 0 Å². The van der Waals surface area contributed by atoms with Crippen molar-refractivity contribution in [2.24, 2.45) is 17.3 Å². The third kappa shape index (κ3) is 4.36. The van der Waals surface area contributed by atoms with E-state index in [-0.39, 0.29) is 18.5 Å². The molecule has 0 amide bonds. The first-order valence-electron chi connectivity index (χ1n) is 8.14. The summed E-state index contributed by atoms with van der Waals surface area (Å²) in [5, 5.41) is 0. The second kappa shape index (κ2) is 7.20. The van der Waals surface area contributed by atoms with Crippen LogP contribution in [0.3, 0.4) is 0 Å². The maximum atomic E-state index is 12.2. The Morgan fingerprint density at radius 3 is 2.43 bits per heavy atom. The molecule has 0 bridgehead atoms. The fraction of sp³-hybridized carbons (Fsp3) is 0.667. The SMILES string of the molecule is COC(=O)c1ccoc1COC(=O)C1CCC(C(C)(C)C)CC1. The van der Waals surface area contributed by atoms with E-state index >= 15 is 0 Å². The summed E-state index contributed by atoms with van der Waals surface area (Å²) in [4.78, 5) is 23.8. The molecule has 0 aliphatic heterocycles. The largest absolute Gasteiger partial charge is 0.465 e. The van der Waals surface area contributed by atoms with Crippen molar-refractivity contribution in [1.82, 2.24) is 0 Å². The molecule has 1 aliphatic rings. The van der Waals surface area contributed by atoms with Crippen molar-refractivity contribution in [1.29, 1.82) is 0 Å². The molecule has 0 radical (unpaired) electrons. The summed E-state index contributed by atoms with van der Waals surface area (Å²) >= 11 is 0. The molecule has 1 fully saturated rings. The molecule has 0 spiro atoms. The van der Waals surface area contributed by atoms with Crippen LogP contribution in [0.25, 0.3) is 0 Å². The van der Waals surface area contributed by atoms with Gasteiger partial charge in [-0.25, -0.2) is 4.79 Å². The zero-order valence-electron chi connectivity index (χ0n) is 14.4. The number of carbonyl (C=O) groups is 2. The summed E-state index contributed by atoms with van der Waals surface area (Å²) in [5.41, 5.74) is 0.593. The Bertz CT molecular complexity index is 544. The summed E-state index contributed by atoms with van der Waals surface area (Å²) in [5.74, 6) is 0.237. The monoisotopic (exact) mass is 322 g/mol. The lowest BCUT2D eigenvalue weighted by atomic mass is 9.70. The van der Waals surface area contributed by atoms with E-state index in [2.05, 4.69) is 25.5 Å². The highest BCUT2D eigenvalue weighted by atomic mass is 16.5. The van der Waals surface area contributed by atoms with Crippen LogP contribution in [-0.2, 0) is 20.9 Å². The van der Waals surface area contributed by atoms with Crippen LogP contribution in [-0.4, -0.2) is 19.0 Å². The Morgan fingerprint density at radius 2 is 1.87 bits per heavy atom. The number of ether oxygens (including phenoxy) is 2. The first kappa shape index (κ1) is 17.6. The minimum atomic E-state index is -0.490. The van der Waals surface area contributed by atoms with Gasteiger partial charge in [0.05, 0.1) is 19.3 Å². The molecule has 0 aromatic carbocycles. The molecule has 1 heterocycles. The molecule has 128 valence electrons. The highest BCUT2D eigenvalue weighted by Gasteiger charge is 2.33. The van der Waals surface area contributed by atoms with E-state index in [4.69, 9.17) is 9.15 Å². The normalized spacial score (nSPS) is 21.7. The van der Waals surface area contributed by atoms with Crippen molar-refractivity contribution in [3.63, 3.8) is 0 Å². The summed E-state index contributed by atoms with van der Waals surface area (Å²) in [6.07, 6.45) is 5.23. The highest BCUT2D eigenvalue weighted by Crippen LogP contribution is 2.40. The Kier molecular flexibility index (Phi) is 5.50. The van der Waals surface area contributed by atoms with Crippen molar-refractivity contribution in [2.45, 2.75) is 53.1 Å². The lowest BCUT2D eigenvalue weighted by Gasteiger charge is -2.36. The smallest absolute Gasteiger partial charge is 0.341 e. The van der Waals surface area contributed by atoms with E-state index < -0.39 is 5.97 Å². The highest BCUT2D eigenvalue weighted by molar-refractivity contribution is 5.90. The summed E-state index contributed by atoms with van der Waals surface area (Å²) < 4.78 is 15.2. The lowest BCUT2D eigenvalue weighted by Crippen LogP contribution is -2.29. The van der Waals surface area contributed by atoms with E-state index in [0.29, 0.717) is 22.7 Å². The van der Waals surface area contributed by atoms with Crippen LogP contribution >= 0.6 is 0 Å². The topological polar surface area (TPSA) is 65.7 Å². The maximum absolute atomic E-state index is 12.2.